The Labute approximate surface area is 273 Å². The van der Waals surface area contributed by atoms with Crippen molar-refractivity contribution in [3.05, 3.63) is 70.3 Å². The average Bonchev–Trinajstić information content (AvgIpc) is 3.15. The average molecular weight is 655 g/mol. The van der Waals surface area contributed by atoms with Crippen molar-refractivity contribution >= 4 is 33.2 Å². The van der Waals surface area contributed by atoms with Crippen molar-refractivity contribution in [2.45, 2.75) is 88.4 Å². The number of methoxy groups -OCH3 is 1. The number of rotatable bonds is 4. The van der Waals surface area contributed by atoms with Crippen molar-refractivity contribution in [3.63, 3.8) is 0 Å². The van der Waals surface area contributed by atoms with Gasteiger partial charge in [-0.2, -0.15) is 0 Å². The fourth-order valence-corrected chi connectivity index (χ4v) is 9.86. The Bertz CT molecular complexity index is 1540. The molecule has 2 heterocycles. The van der Waals surface area contributed by atoms with Crippen LogP contribution in [0.25, 0.3) is 0 Å². The molecule has 1 amide bonds. The van der Waals surface area contributed by atoms with Gasteiger partial charge in [-0.15, -0.1) is 0 Å². The summed E-state index contributed by atoms with van der Waals surface area (Å²) in [5.41, 5.74) is 3.51. The maximum Gasteiger partial charge on any atom is 0.264 e. The fourth-order valence-electron chi connectivity index (χ4n) is 8.08. The lowest BCUT2D eigenvalue weighted by Crippen LogP contribution is -2.49. The first-order valence-electron chi connectivity index (χ1n) is 16.7. The Morgan fingerprint density at radius 3 is 2.76 bits per heavy atom. The molecule has 2 aromatic rings. The number of anilines is 1. The maximum absolute atomic E-state index is 13.6. The molecular formula is C36H47ClN2O5S. The quantitative estimate of drug-likeness (QED) is 0.355. The molecule has 6 rings (SSSR count). The van der Waals surface area contributed by atoms with E-state index in [4.69, 9.17) is 21.1 Å². The highest BCUT2D eigenvalue weighted by Gasteiger charge is 2.44. The molecule has 0 saturated heterocycles. The molecule has 2 bridgehead atoms. The normalized spacial score (nSPS) is 31.9. The van der Waals surface area contributed by atoms with Gasteiger partial charge in [-0.3, -0.25) is 4.79 Å². The molecule has 1 saturated carbocycles. The van der Waals surface area contributed by atoms with Gasteiger partial charge < -0.3 is 14.4 Å². The number of allylic oxidation sites excluding steroid dienone is 1. The van der Waals surface area contributed by atoms with E-state index in [0.717, 1.165) is 74.5 Å². The smallest absolute Gasteiger partial charge is 0.264 e. The minimum absolute atomic E-state index is 0.0241. The zero-order valence-corrected chi connectivity index (χ0v) is 28.3. The predicted octanol–water partition coefficient (Wildman–Crippen LogP) is 7.07. The molecule has 1 fully saturated rings. The van der Waals surface area contributed by atoms with E-state index >= 15 is 0 Å². The zero-order valence-electron chi connectivity index (χ0n) is 26.8. The second-order valence-electron chi connectivity index (χ2n) is 13.8. The van der Waals surface area contributed by atoms with Crippen LogP contribution in [0.1, 0.15) is 86.7 Å². The molecule has 6 atom stereocenters. The second kappa shape index (κ2) is 13.3. The summed E-state index contributed by atoms with van der Waals surface area (Å²) in [6, 6.07) is 11.6. The molecular weight excluding hydrogens is 608 g/mol. The van der Waals surface area contributed by atoms with Gasteiger partial charge in [-0.1, -0.05) is 56.5 Å². The van der Waals surface area contributed by atoms with Crippen molar-refractivity contribution in [2.24, 2.45) is 17.8 Å². The van der Waals surface area contributed by atoms with E-state index in [-0.39, 0.29) is 17.4 Å². The Kier molecular flexibility index (Phi) is 9.56. The number of nitrogens with one attached hydrogen (secondary N) is 1. The Balaban J connectivity index is 1.42. The number of carbonyl (C=O) groups excluding carboxylic acids is 1. The maximum atomic E-state index is 13.6. The number of carbonyl (C=O) groups is 1. The van der Waals surface area contributed by atoms with Gasteiger partial charge in [0.05, 0.1) is 23.6 Å². The van der Waals surface area contributed by atoms with Crippen molar-refractivity contribution < 1.29 is 22.7 Å². The Hall–Kier alpha value is -2.55. The first kappa shape index (κ1) is 32.4. The van der Waals surface area contributed by atoms with E-state index < -0.39 is 21.2 Å². The van der Waals surface area contributed by atoms with Gasteiger partial charge in [0.1, 0.15) is 5.75 Å². The molecule has 0 radical (unpaired) electrons. The minimum atomic E-state index is -3.90. The van der Waals surface area contributed by atoms with Crippen molar-refractivity contribution in [3.8, 4) is 5.75 Å². The van der Waals surface area contributed by atoms with Gasteiger partial charge in [0.25, 0.3) is 5.91 Å². The molecule has 4 aliphatic rings. The van der Waals surface area contributed by atoms with Crippen LogP contribution in [0.15, 0.2) is 48.6 Å². The summed E-state index contributed by atoms with van der Waals surface area (Å²) in [6.07, 6.45) is 12.1. The molecule has 2 aromatic carbocycles. The number of nitrogens with zero attached hydrogens (tertiary/aromatic N) is 1. The SMILES string of the molecule is CCCC[C@H]1C[C@@H](C)/C=C/[C@H](OC)[C@@H]2CC[C@H]2CN2C[C@@]3(CCCc4cc(Cl)ccc43)COc3ccc(cc32)C(=O)NS1(=O)=O. The largest absolute Gasteiger partial charge is 0.490 e. The molecule has 244 valence electrons. The second-order valence-corrected chi connectivity index (χ2v) is 16.2. The first-order valence-corrected chi connectivity index (χ1v) is 18.6. The van der Waals surface area contributed by atoms with E-state index in [0.29, 0.717) is 36.8 Å². The minimum Gasteiger partial charge on any atom is -0.490 e. The van der Waals surface area contributed by atoms with Gasteiger partial charge in [0, 0.05) is 36.2 Å². The summed E-state index contributed by atoms with van der Waals surface area (Å²) in [5.74, 6) is 0.929. The summed E-state index contributed by atoms with van der Waals surface area (Å²) in [5, 5.41) is 0.0910. The van der Waals surface area contributed by atoms with Crippen LogP contribution in [-0.2, 0) is 26.6 Å². The molecule has 7 nitrogen and oxygen atoms in total. The first-order chi connectivity index (χ1) is 21.6. The number of halogens is 1. The monoisotopic (exact) mass is 654 g/mol. The number of benzene rings is 2. The number of hydrogen-bond acceptors (Lipinski definition) is 6. The highest BCUT2D eigenvalue weighted by Crippen LogP contribution is 2.47. The molecule has 45 heavy (non-hydrogen) atoms. The molecule has 1 N–H and O–H groups in total. The lowest BCUT2D eigenvalue weighted by Gasteiger charge is -2.46. The van der Waals surface area contributed by atoms with Crippen LogP contribution in [0.5, 0.6) is 5.75 Å². The van der Waals surface area contributed by atoms with Gasteiger partial charge in [0.2, 0.25) is 10.0 Å². The van der Waals surface area contributed by atoms with E-state index in [1.807, 2.05) is 18.2 Å². The number of sulfonamides is 1. The molecule has 0 unspecified atom stereocenters. The van der Waals surface area contributed by atoms with Crippen LogP contribution in [0.2, 0.25) is 5.02 Å². The van der Waals surface area contributed by atoms with E-state index in [1.165, 1.54) is 11.1 Å². The van der Waals surface area contributed by atoms with Crippen LogP contribution in [0.3, 0.4) is 0 Å². The van der Waals surface area contributed by atoms with Crippen molar-refractivity contribution in [1.29, 1.82) is 0 Å². The van der Waals surface area contributed by atoms with Gasteiger partial charge in [-0.25, -0.2) is 13.1 Å². The van der Waals surface area contributed by atoms with Crippen LogP contribution in [0.4, 0.5) is 5.69 Å². The van der Waals surface area contributed by atoms with Gasteiger partial charge in [-0.05, 0) is 104 Å². The topological polar surface area (TPSA) is 84.9 Å². The van der Waals surface area contributed by atoms with Crippen molar-refractivity contribution in [2.75, 3.05) is 31.7 Å². The predicted molar refractivity (Wildman–Crippen MR) is 180 cm³/mol. The summed E-state index contributed by atoms with van der Waals surface area (Å²) >= 11 is 6.43. The Morgan fingerprint density at radius 2 is 2.00 bits per heavy atom. The van der Waals surface area contributed by atoms with E-state index in [1.54, 1.807) is 13.2 Å². The van der Waals surface area contributed by atoms with E-state index in [9.17, 15) is 13.2 Å². The van der Waals surface area contributed by atoms with Gasteiger partial charge in [0.15, 0.2) is 0 Å². The molecule has 2 aliphatic carbocycles. The standard InChI is InChI=1S/C36H47ClN2O5S/c1-4-5-8-29-18-24(2)9-15-33(43-3)30-13-10-27(30)21-39-22-36(17-6-7-25-19-28(37)12-14-31(25)36)23-44-34-16-11-26(20-32(34)39)35(40)38-45(29,41)42/h9,11-12,14-16,19-20,24,27,29-30,33H,4-8,10,13,17-18,21-23H2,1-3H3,(H,38,40)/b15-9+/t24-,27-,29-,30+,33-,36-/m0/s1. The molecule has 9 heteroatoms. The third-order valence-electron chi connectivity index (χ3n) is 10.7. The highest BCUT2D eigenvalue weighted by molar-refractivity contribution is 7.90. The summed E-state index contributed by atoms with van der Waals surface area (Å²) in [4.78, 5) is 16.0. The third kappa shape index (κ3) is 6.66. The van der Waals surface area contributed by atoms with Crippen molar-refractivity contribution in [1.82, 2.24) is 4.72 Å². The number of aryl methyl sites for hydroxylation is 1. The lowest BCUT2D eigenvalue weighted by atomic mass is 9.68. The van der Waals surface area contributed by atoms with Crippen LogP contribution in [-0.4, -0.2) is 52.5 Å². The van der Waals surface area contributed by atoms with Crippen LogP contribution >= 0.6 is 11.6 Å². The summed E-state index contributed by atoms with van der Waals surface area (Å²) in [6.45, 7) is 6.18. The molecule has 0 aromatic heterocycles. The van der Waals surface area contributed by atoms with Crippen LogP contribution < -0.4 is 14.4 Å². The number of amides is 1. The molecule has 2 aliphatic heterocycles. The highest BCUT2D eigenvalue weighted by atomic mass is 35.5. The van der Waals surface area contributed by atoms with Crippen LogP contribution in [0, 0.1) is 17.8 Å². The Morgan fingerprint density at radius 1 is 1.16 bits per heavy atom. The lowest BCUT2D eigenvalue weighted by molar-refractivity contribution is 0.0130. The number of unbranched alkanes of at least 4 members (excludes halogenated alkanes) is 1. The number of fused-ring (bicyclic) bond motifs is 4. The summed E-state index contributed by atoms with van der Waals surface area (Å²) in [7, 11) is -2.13. The zero-order chi connectivity index (χ0) is 31.8. The molecule has 1 spiro atoms. The van der Waals surface area contributed by atoms with Gasteiger partial charge >= 0.3 is 0 Å². The fraction of sp³-hybridized carbons (Fsp3) is 0.583. The summed E-state index contributed by atoms with van der Waals surface area (Å²) < 4.78 is 42.4. The van der Waals surface area contributed by atoms with E-state index in [2.05, 4.69) is 47.8 Å². The number of ether oxygens (including phenoxy) is 2. The number of hydrogen-bond donors (Lipinski definition) is 1. The third-order valence-corrected chi connectivity index (χ3v) is 12.8.